The van der Waals surface area contributed by atoms with E-state index in [1.54, 1.807) is 37.3 Å². The molecule has 0 heterocycles. The van der Waals surface area contributed by atoms with Crippen molar-refractivity contribution in [2.45, 2.75) is 17.6 Å². The first-order valence-corrected chi connectivity index (χ1v) is 10.6. The maximum atomic E-state index is 14.0. The number of carbonyl (C=O) groups is 2. The number of hydrogen-bond donors (Lipinski definition) is 4. The van der Waals surface area contributed by atoms with Crippen LogP contribution in [0.5, 0.6) is 0 Å². The first-order valence-electron chi connectivity index (χ1n) is 9.85. The maximum absolute atomic E-state index is 14.0. The number of benzene rings is 2. The molecule has 0 aromatic heterocycles. The number of nitrogens with one attached hydrogen (secondary N) is 2. The van der Waals surface area contributed by atoms with E-state index in [4.69, 9.17) is 34.3 Å². The SMILES string of the molecule is CCOC1(O)C=CC(c2ccccc2NC(=O)c2ccccc2F)=CC1(Cl)C(=S)NC(N)=O. The molecule has 0 fully saturated rings. The molecule has 2 aromatic rings. The number of nitrogens with two attached hydrogens (primary N) is 1. The summed E-state index contributed by atoms with van der Waals surface area (Å²) in [7, 11) is 0. The number of hydrogen-bond acceptors (Lipinski definition) is 5. The molecular formula is C23H21ClFN3O4S. The predicted molar refractivity (Wildman–Crippen MR) is 128 cm³/mol. The number of anilines is 1. The largest absolute Gasteiger partial charge is 0.360 e. The minimum atomic E-state index is -2.09. The van der Waals surface area contributed by atoms with Crippen molar-refractivity contribution in [1.29, 1.82) is 0 Å². The Hall–Kier alpha value is -3.11. The van der Waals surface area contributed by atoms with Crippen molar-refractivity contribution < 1.29 is 23.8 Å². The summed E-state index contributed by atoms with van der Waals surface area (Å²) in [6, 6.07) is 11.4. The van der Waals surface area contributed by atoms with Gasteiger partial charge in [-0.1, -0.05) is 48.6 Å². The summed E-state index contributed by atoms with van der Waals surface area (Å²) in [5.41, 5.74) is 6.37. The number of primary amides is 1. The van der Waals surface area contributed by atoms with Gasteiger partial charge >= 0.3 is 6.03 Å². The van der Waals surface area contributed by atoms with Crippen LogP contribution in [-0.2, 0) is 4.74 Å². The van der Waals surface area contributed by atoms with Gasteiger partial charge in [0.15, 0.2) is 4.87 Å². The lowest BCUT2D eigenvalue weighted by molar-refractivity contribution is -0.168. The Morgan fingerprint density at radius 2 is 1.88 bits per heavy atom. The second-order valence-corrected chi connectivity index (χ2v) is 8.08. The van der Waals surface area contributed by atoms with E-state index in [2.05, 4.69) is 10.6 Å². The van der Waals surface area contributed by atoms with Gasteiger partial charge < -0.3 is 26.2 Å². The number of halogens is 2. The van der Waals surface area contributed by atoms with Gasteiger partial charge in [-0.3, -0.25) is 4.79 Å². The lowest BCUT2D eigenvalue weighted by Gasteiger charge is -2.41. The molecule has 0 aliphatic heterocycles. The molecule has 5 N–H and O–H groups in total. The fourth-order valence-corrected chi connectivity index (χ4v) is 3.93. The number of thiocarbonyl (C=S) groups is 1. The molecule has 172 valence electrons. The van der Waals surface area contributed by atoms with E-state index in [1.165, 1.54) is 36.4 Å². The van der Waals surface area contributed by atoms with Crippen LogP contribution in [0.2, 0.25) is 0 Å². The van der Waals surface area contributed by atoms with Crippen LogP contribution in [0.25, 0.3) is 5.57 Å². The van der Waals surface area contributed by atoms with Crippen molar-refractivity contribution in [3.05, 3.63) is 83.7 Å². The van der Waals surface area contributed by atoms with Crippen LogP contribution in [0.3, 0.4) is 0 Å². The van der Waals surface area contributed by atoms with E-state index >= 15 is 0 Å². The molecule has 0 spiro atoms. The van der Waals surface area contributed by atoms with E-state index in [9.17, 15) is 19.1 Å². The summed E-state index contributed by atoms with van der Waals surface area (Å²) in [5, 5.41) is 16.0. The third-order valence-electron chi connectivity index (χ3n) is 4.90. The minimum absolute atomic E-state index is 0.0902. The number of ether oxygens (including phenoxy) is 1. The molecule has 1 aliphatic carbocycles. The molecule has 1 aliphatic rings. The molecule has 3 rings (SSSR count). The first-order chi connectivity index (χ1) is 15.6. The molecule has 2 atom stereocenters. The number of rotatable bonds is 6. The molecule has 7 nitrogen and oxygen atoms in total. The summed E-state index contributed by atoms with van der Waals surface area (Å²) >= 11 is 12.0. The molecule has 0 radical (unpaired) electrons. The van der Waals surface area contributed by atoms with Gasteiger partial charge in [0.05, 0.1) is 5.56 Å². The Bertz CT molecular complexity index is 1170. The Kier molecular flexibility index (Phi) is 7.28. The lowest BCUT2D eigenvalue weighted by atomic mass is 9.86. The summed E-state index contributed by atoms with van der Waals surface area (Å²) < 4.78 is 19.5. The third-order valence-corrected chi connectivity index (χ3v) is 6.01. The second-order valence-electron chi connectivity index (χ2n) is 7.07. The third kappa shape index (κ3) is 4.96. The zero-order valence-electron chi connectivity index (χ0n) is 17.5. The van der Waals surface area contributed by atoms with E-state index in [0.717, 1.165) is 0 Å². The molecule has 2 unspecified atom stereocenters. The summed E-state index contributed by atoms with van der Waals surface area (Å²) in [5.74, 6) is -3.39. The quantitative estimate of drug-likeness (QED) is 0.280. The number of amides is 3. The molecular weight excluding hydrogens is 469 g/mol. The van der Waals surface area contributed by atoms with Crippen molar-refractivity contribution in [3.8, 4) is 0 Å². The topological polar surface area (TPSA) is 114 Å². The van der Waals surface area contributed by atoms with Gasteiger partial charge in [0.25, 0.3) is 5.91 Å². The number of para-hydroxylation sites is 1. The van der Waals surface area contributed by atoms with Gasteiger partial charge in [-0.05, 0) is 42.8 Å². The number of carbonyl (C=O) groups excluding carboxylic acids is 2. The first kappa shape index (κ1) is 24.5. The smallest absolute Gasteiger partial charge is 0.317 e. The number of urea groups is 1. The molecule has 0 saturated carbocycles. The average Bonchev–Trinajstić information content (AvgIpc) is 2.76. The van der Waals surface area contributed by atoms with Crippen LogP contribution >= 0.6 is 23.8 Å². The van der Waals surface area contributed by atoms with E-state index in [-0.39, 0.29) is 17.2 Å². The highest BCUT2D eigenvalue weighted by atomic mass is 35.5. The molecule has 0 saturated heterocycles. The summed E-state index contributed by atoms with van der Waals surface area (Å²) in [6.07, 6.45) is 4.23. The fraction of sp³-hybridized carbons (Fsp3) is 0.174. The van der Waals surface area contributed by atoms with Crippen molar-refractivity contribution in [3.63, 3.8) is 0 Å². The monoisotopic (exact) mass is 489 g/mol. The second kappa shape index (κ2) is 9.80. The standard InChI is InChI=1S/C23H21ClFN3O4S/c1-2-32-23(31)12-11-14(13-22(23,24)20(33)28-21(26)30)15-7-4-6-10-18(15)27-19(29)16-8-3-5-9-17(16)25/h3-13,31H,2H2,1H3,(H,27,29)(H3,26,28,30,33). The molecule has 0 bridgehead atoms. The maximum Gasteiger partial charge on any atom is 0.317 e. The Balaban J connectivity index is 2.03. The van der Waals surface area contributed by atoms with Gasteiger partial charge in [0.2, 0.25) is 5.79 Å². The van der Waals surface area contributed by atoms with Crippen LogP contribution in [0.1, 0.15) is 22.8 Å². The highest BCUT2D eigenvalue weighted by molar-refractivity contribution is 7.80. The lowest BCUT2D eigenvalue weighted by Crippen LogP contribution is -2.60. The number of allylic oxidation sites excluding steroid dienone is 2. The highest BCUT2D eigenvalue weighted by Gasteiger charge is 2.53. The highest BCUT2D eigenvalue weighted by Crippen LogP contribution is 2.42. The number of aliphatic hydroxyl groups is 1. The van der Waals surface area contributed by atoms with E-state index < -0.39 is 28.4 Å². The van der Waals surface area contributed by atoms with Crippen LogP contribution in [0.4, 0.5) is 14.9 Å². The van der Waals surface area contributed by atoms with Gasteiger partial charge in [-0.2, -0.15) is 0 Å². The van der Waals surface area contributed by atoms with Gasteiger partial charge in [-0.25, -0.2) is 9.18 Å². The Morgan fingerprint density at radius 1 is 1.21 bits per heavy atom. The molecule has 2 aromatic carbocycles. The number of alkyl halides is 1. The van der Waals surface area contributed by atoms with Gasteiger partial charge in [-0.15, -0.1) is 11.6 Å². The molecule has 3 amide bonds. The Labute approximate surface area is 200 Å². The minimum Gasteiger partial charge on any atom is -0.360 e. The molecule has 10 heteroatoms. The fourth-order valence-electron chi connectivity index (χ4n) is 3.34. The van der Waals surface area contributed by atoms with Crippen molar-refractivity contribution in [2.75, 3.05) is 11.9 Å². The van der Waals surface area contributed by atoms with Gasteiger partial charge in [0, 0.05) is 17.9 Å². The van der Waals surface area contributed by atoms with Crippen LogP contribution < -0.4 is 16.4 Å². The van der Waals surface area contributed by atoms with Crippen molar-refractivity contribution >= 4 is 52.0 Å². The van der Waals surface area contributed by atoms with Crippen LogP contribution in [0, 0.1) is 5.82 Å². The van der Waals surface area contributed by atoms with Crippen molar-refractivity contribution in [2.24, 2.45) is 5.73 Å². The van der Waals surface area contributed by atoms with Gasteiger partial charge in [0.1, 0.15) is 10.8 Å². The summed E-state index contributed by atoms with van der Waals surface area (Å²) in [6.45, 7) is 1.74. The normalized spacial score (nSPS) is 21.8. The Morgan fingerprint density at radius 3 is 2.55 bits per heavy atom. The van der Waals surface area contributed by atoms with E-state index in [0.29, 0.717) is 16.8 Å². The van der Waals surface area contributed by atoms with Crippen LogP contribution in [0.15, 0.2) is 66.8 Å². The average molecular weight is 490 g/mol. The summed E-state index contributed by atoms with van der Waals surface area (Å²) in [4.78, 5) is 21.9. The van der Waals surface area contributed by atoms with E-state index in [1.807, 2.05) is 0 Å². The predicted octanol–water partition coefficient (Wildman–Crippen LogP) is 3.73. The zero-order chi connectivity index (χ0) is 24.2. The van der Waals surface area contributed by atoms with Crippen molar-refractivity contribution in [1.82, 2.24) is 5.32 Å². The zero-order valence-corrected chi connectivity index (χ0v) is 19.0. The van der Waals surface area contributed by atoms with Crippen LogP contribution in [-0.4, -0.2) is 39.3 Å². The molecule has 33 heavy (non-hydrogen) atoms.